The smallest absolute Gasteiger partial charge is 0.334 e. The highest BCUT2D eigenvalue weighted by Gasteiger charge is 2.18. The normalized spacial score (nSPS) is 13.9. The molecule has 0 aromatic rings. The van der Waals surface area contributed by atoms with E-state index in [2.05, 4.69) is 9.46 Å². The summed E-state index contributed by atoms with van der Waals surface area (Å²) in [5.74, 6) is -1.22. The number of hydrogen-bond donors (Lipinski definition) is 3. The molecule has 1 atom stereocenters. The van der Waals surface area contributed by atoms with Gasteiger partial charge in [-0.05, 0) is 0 Å². The van der Waals surface area contributed by atoms with E-state index in [1.807, 2.05) is 4.72 Å². The summed E-state index contributed by atoms with van der Waals surface area (Å²) >= 11 is 0. The fourth-order valence-electron chi connectivity index (χ4n) is 0.698. The minimum Gasteiger partial charge on any atom is -0.479 e. The van der Waals surface area contributed by atoms with Gasteiger partial charge in [-0.2, -0.15) is 13.1 Å². The fraction of sp³-hybridized carbons (Fsp3) is 0.833. The van der Waals surface area contributed by atoms with Gasteiger partial charge in [-0.15, -0.1) is 0 Å². The van der Waals surface area contributed by atoms with Crippen molar-refractivity contribution in [3.05, 3.63) is 0 Å². The predicted octanol–water partition coefficient (Wildman–Crippen LogP) is -1.47. The molecule has 84 valence electrons. The molecule has 0 saturated carbocycles. The maximum Gasteiger partial charge on any atom is 0.334 e. The first kappa shape index (κ1) is 13.3. The molecule has 7 nitrogen and oxygen atoms in total. The number of aliphatic carboxylic acids is 1. The Balaban J connectivity index is 4.09. The van der Waals surface area contributed by atoms with Gasteiger partial charge in [0.05, 0.1) is 0 Å². The zero-order valence-electron chi connectivity index (χ0n) is 7.98. The van der Waals surface area contributed by atoms with Crippen molar-refractivity contribution >= 4 is 16.2 Å². The largest absolute Gasteiger partial charge is 0.479 e. The zero-order valence-corrected chi connectivity index (χ0v) is 8.80. The van der Waals surface area contributed by atoms with Gasteiger partial charge in [-0.3, -0.25) is 0 Å². The first-order chi connectivity index (χ1) is 6.43. The topological polar surface area (TPSA) is 105 Å². The lowest BCUT2D eigenvalue weighted by molar-refractivity contribution is -0.147. The summed E-state index contributed by atoms with van der Waals surface area (Å²) in [5, 5.41) is 8.52. The van der Waals surface area contributed by atoms with Crippen LogP contribution in [-0.4, -0.2) is 45.8 Å². The van der Waals surface area contributed by atoms with Crippen LogP contribution in [0.4, 0.5) is 0 Å². The minimum absolute atomic E-state index is 0.236. The molecule has 1 unspecified atom stereocenters. The molecular weight excluding hydrogens is 212 g/mol. The Kier molecular flexibility index (Phi) is 5.62. The van der Waals surface area contributed by atoms with E-state index in [1.54, 1.807) is 6.92 Å². The van der Waals surface area contributed by atoms with Crippen LogP contribution in [0.3, 0.4) is 0 Å². The van der Waals surface area contributed by atoms with Gasteiger partial charge in [-0.25, -0.2) is 9.52 Å². The lowest BCUT2D eigenvalue weighted by Crippen LogP contribution is -2.43. The van der Waals surface area contributed by atoms with E-state index in [-0.39, 0.29) is 13.1 Å². The number of methoxy groups -OCH3 is 1. The van der Waals surface area contributed by atoms with Crippen LogP contribution in [0.2, 0.25) is 0 Å². The van der Waals surface area contributed by atoms with Crippen LogP contribution >= 0.6 is 0 Å². The molecule has 0 radical (unpaired) electrons. The number of nitrogens with one attached hydrogen (secondary N) is 2. The van der Waals surface area contributed by atoms with Crippen molar-refractivity contribution in [2.24, 2.45) is 0 Å². The van der Waals surface area contributed by atoms with E-state index in [1.165, 1.54) is 7.11 Å². The summed E-state index contributed by atoms with van der Waals surface area (Å²) in [7, 11) is -2.42. The standard InChI is InChI=1S/C6H14N2O5S/c1-3-7-14(11,12)8-4-5(13-2)6(9)10/h5,7-8H,3-4H2,1-2H3,(H,9,10). The number of carboxylic acids is 1. The van der Waals surface area contributed by atoms with Crippen LogP contribution < -0.4 is 9.44 Å². The van der Waals surface area contributed by atoms with Crippen molar-refractivity contribution in [1.82, 2.24) is 9.44 Å². The van der Waals surface area contributed by atoms with Gasteiger partial charge in [-0.1, -0.05) is 6.92 Å². The summed E-state index contributed by atoms with van der Waals surface area (Å²) in [5.41, 5.74) is 0. The van der Waals surface area contributed by atoms with Crippen molar-refractivity contribution in [2.45, 2.75) is 13.0 Å². The second-order valence-electron chi connectivity index (χ2n) is 2.41. The Morgan fingerprint density at radius 2 is 2.07 bits per heavy atom. The molecule has 0 aliphatic heterocycles. The molecule has 0 rings (SSSR count). The number of rotatable bonds is 7. The lowest BCUT2D eigenvalue weighted by Gasteiger charge is -2.11. The maximum absolute atomic E-state index is 11.0. The molecule has 0 aromatic carbocycles. The van der Waals surface area contributed by atoms with Crippen LogP contribution in [0.1, 0.15) is 6.92 Å². The molecule has 3 N–H and O–H groups in total. The Labute approximate surface area is 82.6 Å². The maximum atomic E-state index is 11.0. The van der Waals surface area contributed by atoms with Crippen molar-refractivity contribution in [3.8, 4) is 0 Å². The van der Waals surface area contributed by atoms with Crippen LogP contribution in [0.15, 0.2) is 0 Å². The first-order valence-electron chi connectivity index (χ1n) is 3.92. The van der Waals surface area contributed by atoms with E-state index in [9.17, 15) is 13.2 Å². The number of carbonyl (C=O) groups is 1. The average molecular weight is 226 g/mol. The van der Waals surface area contributed by atoms with Crippen LogP contribution in [0, 0.1) is 0 Å². The van der Waals surface area contributed by atoms with Crippen molar-refractivity contribution in [1.29, 1.82) is 0 Å². The van der Waals surface area contributed by atoms with Crippen molar-refractivity contribution in [2.75, 3.05) is 20.2 Å². The SMILES string of the molecule is CCNS(=O)(=O)NCC(OC)C(=O)O. The molecule has 0 aliphatic carbocycles. The third-order valence-corrected chi connectivity index (χ3v) is 2.57. The number of ether oxygens (including phenoxy) is 1. The molecule has 14 heavy (non-hydrogen) atoms. The summed E-state index contributed by atoms with van der Waals surface area (Å²) in [6, 6.07) is 0. The second kappa shape index (κ2) is 5.91. The molecule has 0 heterocycles. The Morgan fingerprint density at radius 1 is 1.50 bits per heavy atom. The Bertz CT molecular complexity index is 276. The quantitative estimate of drug-likeness (QED) is 0.491. The van der Waals surface area contributed by atoms with E-state index in [0.717, 1.165) is 0 Å². The monoisotopic (exact) mass is 226 g/mol. The average Bonchev–Trinajstić information content (AvgIpc) is 2.04. The Hall–Kier alpha value is -0.700. The molecule has 0 spiro atoms. The van der Waals surface area contributed by atoms with Crippen LogP contribution in [-0.2, 0) is 19.7 Å². The number of carboxylic acid groups (broad SMARTS) is 1. The predicted molar refractivity (Wildman–Crippen MR) is 49.0 cm³/mol. The summed E-state index contributed by atoms with van der Waals surface area (Å²) in [6.07, 6.45) is -1.18. The molecule has 0 amide bonds. The van der Waals surface area contributed by atoms with E-state index in [0.29, 0.717) is 0 Å². The molecule has 0 aliphatic rings. The summed E-state index contributed by atoms with van der Waals surface area (Å²) < 4.78 is 30.7. The van der Waals surface area contributed by atoms with E-state index < -0.39 is 22.3 Å². The second-order valence-corrected chi connectivity index (χ2v) is 4.00. The van der Waals surface area contributed by atoms with Gasteiger partial charge in [0.1, 0.15) is 0 Å². The number of hydrogen-bond acceptors (Lipinski definition) is 4. The highest BCUT2D eigenvalue weighted by atomic mass is 32.2. The van der Waals surface area contributed by atoms with Crippen LogP contribution in [0.5, 0.6) is 0 Å². The van der Waals surface area contributed by atoms with Gasteiger partial charge in [0.25, 0.3) is 10.2 Å². The highest BCUT2D eigenvalue weighted by molar-refractivity contribution is 7.87. The van der Waals surface area contributed by atoms with Crippen LogP contribution in [0.25, 0.3) is 0 Å². The summed E-state index contributed by atoms with van der Waals surface area (Å²) in [4.78, 5) is 10.4. The molecule has 8 heteroatoms. The minimum atomic E-state index is -3.61. The van der Waals surface area contributed by atoms with Gasteiger partial charge in [0.15, 0.2) is 6.10 Å². The Morgan fingerprint density at radius 3 is 2.43 bits per heavy atom. The van der Waals surface area contributed by atoms with Crippen molar-refractivity contribution in [3.63, 3.8) is 0 Å². The van der Waals surface area contributed by atoms with Gasteiger partial charge in [0.2, 0.25) is 0 Å². The van der Waals surface area contributed by atoms with Gasteiger partial charge >= 0.3 is 5.97 Å². The molecule has 0 saturated heterocycles. The third-order valence-electron chi connectivity index (χ3n) is 1.35. The fourth-order valence-corrected chi connectivity index (χ4v) is 1.55. The first-order valence-corrected chi connectivity index (χ1v) is 5.41. The molecule has 0 aromatic heterocycles. The van der Waals surface area contributed by atoms with Gasteiger partial charge in [0, 0.05) is 20.2 Å². The molecule has 0 fully saturated rings. The van der Waals surface area contributed by atoms with Gasteiger partial charge < -0.3 is 9.84 Å². The highest BCUT2D eigenvalue weighted by Crippen LogP contribution is 1.88. The lowest BCUT2D eigenvalue weighted by atomic mass is 10.4. The van der Waals surface area contributed by atoms with E-state index in [4.69, 9.17) is 5.11 Å². The third kappa shape index (κ3) is 5.12. The van der Waals surface area contributed by atoms with E-state index >= 15 is 0 Å². The van der Waals surface area contributed by atoms with Crippen molar-refractivity contribution < 1.29 is 23.1 Å². The zero-order chi connectivity index (χ0) is 11.2. The molecule has 0 bridgehead atoms. The summed E-state index contributed by atoms with van der Waals surface area (Å²) in [6.45, 7) is 1.55. The molecular formula is C6H14N2O5S.